The first-order valence-electron chi connectivity index (χ1n) is 8.20. The van der Waals surface area contributed by atoms with Crippen LogP contribution in [0.15, 0.2) is 33.9 Å². The normalized spacial score (nSPS) is 15.0. The van der Waals surface area contributed by atoms with E-state index >= 15 is 0 Å². The topological polar surface area (TPSA) is 46.6 Å². The standard InChI is InChI=1S/C18H23NO3S2/c1-4-22-18-13(2)9-17(10-14(18)3)24(20,21)19(16-5-6-16)11-15-7-8-23-12-15/h7-10,12,16H,4-6,11H2,1-3H3. The van der Waals surface area contributed by atoms with Crippen LogP contribution in [-0.4, -0.2) is 25.4 Å². The first-order chi connectivity index (χ1) is 11.4. The van der Waals surface area contributed by atoms with Crippen LogP contribution in [0.3, 0.4) is 0 Å². The van der Waals surface area contributed by atoms with Crippen LogP contribution in [-0.2, 0) is 16.6 Å². The molecule has 0 unspecified atom stereocenters. The number of aryl methyl sites for hydroxylation is 2. The van der Waals surface area contributed by atoms with Crippen LogP contribution in [0.2, 0.25) is 0 Å². The average molecular weight is 366 g/mol. The average Bonchev–Trinajstić information content (AvgIpc) is 3.23. The van der Waals surface area contributed by atoms with E-state index in [0.29, 0.717) is 18.0 Å². The highest BCUT2D eigenvalue weighted by Crippen LogP contribution is 2.35. The Labute approximate surface area is 148 Å². The minimum Gasteiger partial charge on any atom is -0.493 e. The summed E-state index contributed by atoms with van der Waals surface area (Å²) in [6, 6.07) is 5.58. The lowest BCUT2D eigenvalue weighted by Crippen LogP contribution is -2.32. The maximum Gasteiger partial charge on any atom is 0.243 e. The van der Waals surface area contributed by atoms with Gasteiger partial charge in [0.2, 0.25) is 10.0 Å². The van der Waals surface area contributed by atoms with Gasteiger partial charge in [0, 0.05) is 12.6 Å². The molecule has 0 N–H and O–H groups in total. The molecule has 0 amide bonds. The molecule has 6 heteroatoms. The third-order valence-corrected chi connectivity index (χ3v) is 6.81. The maximum atomic E-state index is 13.2. The van der Waals surface area contributed by atoms with Crippen molar-refractivity contribution in [3.8, 4) is 5.75 Å². The minimum atomic E-state index is -3.51. The van der Waals surface area contributed by atoms with Crippen molar-refractivity contribution in [2.75, 3.05) is 6.61 Å². The number of nitrogens with zero attached hydrogens (tertiary/aromatic N) is 1. The molecule has 1 aliphatic rings. The van der Waals surface area contributed by atoms with Crippen LogP contribution in [0.1, 0.15) is 36.5 Å². The molecule has 4 nitrogen and oxygen atoms in total. The smallest absolute Gasteiger partial charge is 0.243 e. The van der Waals surface area contributed by atoms with Crippen LogP contribution < -0.4 is 4.74 Å². The Bertz CT molecular complexity index is 786. The van der Waals surface area contributed by atoms with E-state index in [1.54, 1.807) is 27.8 Å². The van der Waals surface area contributed by atoms with E-state index in [4.69, 9.17) is 4.74 Å². The van der Waals surface area contributed by atoms with Gasteiger partial charge in [-0.05, 0) is 79.3 Å². The van der Waals surface area contributed by atoms with Gasteiger partial charge >= 0.3 is 0 Å². The molecule has 130 valence electrons. The molecule has 1 saturated carbocycles. The predicted octanol–water partition coefficient (Wildman–Crippen LogP) is 4.12. The summed E-state index contributed by atoms with van der Waals surface area (Å²) >= 11 is 1.59. The van der Waals surface area contributed by atoms with Gasteiger partial charge in [-0.15, -0.1) is 0 Å². The molecular formula is C18H23NO3S2. The zero-order chi connectivity index (χ0) is 17.3. The van der Waals surface area contributed by atoms with Gasteiger partial charge in [-0.1, -0.05) is 0 Å². The summed E-state index contributed by atoms with van der Waals surface area (Å²) in [6.07, 6.45) is 1.89. The Kier molecular flexibility index (Phi) is 4.99. The van der Waals surface area contributed by atoms with Crippen molar-refractivity contribution in [2.45, 2.75) is 51.1 Å². The second-order valence-electron chi connectivity index (χ2n) is 6.23. The summed E-state index contributed by atoms with van der Waals surface area (Å²) in [5.74, 6) is 0.784. The lowest BCUT2D eigenvalue weighted by atomic mass is 10.1. The fourth-order valence-electron chi connectivity index (χ4n) is 2.90. The van der Waals surface area contributed by atoms with Gasteiger partial charge in [-0.3, -0.25) is 0 Å². The number of benzene rings is 1. The van der Waals surface area contributed by atoms with E-state index in [2.05, 4.69) is 0 Å². The predicted molar refractivity (Wildman–Crippen MR) is 97.2 cm³/mol. The summed E-state index contributed by atoms with van der Waals surface area (Å²) in [6.45, 7) is 6.75. The van der Waals surface area contributed by atoms with Crippen molar-refractivity contribution < 1.29 is 13.2 Å². The van der Waals surface area contributed by atoms with Crippen LogP contribution >= 0.6 is 11.3 Å². The first-order valence-corrected chi connectivity index (χ1v) is 10.6. The van der Waals surface area contributed by atoms with Gasteiger partial charge in [0.05, 0.1) is 11.5 Å². The monoisotopic (exact) mass is 365 g/mol. The van der Waals surface area contributed by atoms with Crippen LogP contribution in [0.5, 0.6) is 5.75 Å². The van der Waals surface area contributed by atoms with Crippen LogP contribution in [0, 0.1) is 13.8 Å². The summed E-state index contributed by atoms with van der Waals surface area (Å²) in [5.41, 5.74) is 2.78. The number of thiophene rings is 1. The fourth-order valence-corrected chi connectivity index (χ4v) is 5.41. The van der Waals surface area contributed by atoms with Crippen molar-refractivity contribution in [3.63, 3.8) is 0 Å². The summed E-state index contributed by atoms with van der Waals surface area (Å²) in [4.78, 5) is 0.364. The molecule has 0 radical (unpaired) electrons. The van der Waals surface area contributed by atoms with E-state index in [-0.39, 0.29) is 6.04 Å². The Morgan fingerprint density at radius 3 is 2.42 bits per heavy atom. The summed E-state index contributed by atoms with van der Waals surface area (Å²) in [5, 5.41) is 4.00. The Hall–Kier alpha value is -1.37. The molecule has 0 spiro atoms. The van der Waals surface area contributed by atoms with Crippen molar-refractivity contribution in [1.29, 1.82) is 0 Å². The van der Waals surface area contributed by atoms with E-state index in [1.165, 1.54) is 0 Å². The first kappa shape index (κ1) is 17.5. The lowest BCUT2D eigenvalue weighted by molar-refractivity contribution is 0.335. The van der Waals surface area contributed by atoms with Gasteiger partial charge in [0.1, 0.15) is 5.75 Å². The van der Waals surface area contributed by atoms with Gasteiger partial charge in [-0.25, -0.2) is 8.42 Å². The van der Waals surface area contributed by atoms with Crippen LogP contribution in [0.4, 0.5) is 0 Å². The fraction of sp³-hybridized carbons (Fsp3) is 0.444. The van der Waals surface area contributed by atoms with Gasteiger partial charge in [-0.2, -0.15) is 15.6 Å². The number of hydrogen-bond donors (Lipinski definition) is 0. The zero-order valence-electron chi connectivity index (χ0n) is 14.3. The van der Waals surface area contributed by atoms with Crippen molar-refractivity contribution in [1.82, 2.24) is 4.31 Å². The van der Waals surface area contributed by atoms with Gasteiger partial charge in [0.25, 0.3) is 0 Å². The number of ether oxygens (including phenoxy) is 1. The molecule has 0 bridgehead atoms. The Morgan fingerprint density at radius 2 is 1.92 bits per heavy atom. The van der Waals surface area contributed by atoms with Crippen molar-refractivity contribution in [3.05, 3.63) is 45.6 Å². The third-order valence-electron chi connectivity index (χ3n) is 4.20. The summed E-state index contributed by atoms with van der Waals surface area (Å²) in [7, 11) is -3.51. The van der Waals surface area contributed by atoms with Crippen molar-refractivity contribution in [2.24, 2.45) is 0 Å². The van der Waals surface area contributed by atoms with Crippen molar-refractivity contribution >= 4 is 21.4 Å². The largest absolute Gasteiger partial charge is 0.493 e. The molecule has 1 heterocycles. The SMILES string of the molecule is CCOc1c(C)cc(S(=O)(=O)N(Cc2ccsc2)C2CC2)cc1C. The summed E-state index contributed by atoms with van der Waals surface area (Å²) < 4.78 is 33.7. The zero-order valence-corrected chi connectivity index (χ0v) is 15.9. The molecule has 0 aliphatic heterocycles. The van der Waals surface area contributed by atoms with Gasteiger partial charge in [0.15, 0.2) is 0 Å². The highest BCUT2D eigenvalue weighted by Gasteiger charge is 2.38. The number of rotatable bonds is 7. The molecular weight excluding hydrogens is 342 g/mol. The second kappa shape index (κ2) is 6.86. The van der Waals surface area contributed by atoms with Gasteiger partial charge < -0.3 is 4.74 Å². The molecule has 0 saturated heterocycles. The van der Waals surface area contributed by atoms with Crippen LogP contribution in [0.25, 0.3) is 0 Å². The molecule has 24 heavy (non-hydrogen) atoms. The molecule has 2 aromatic rings. The molecule has 1 aromatic heterocycles. The second-order valence-corrected chi connectivity index (χ2v) is 8.90. The van der Waals surface area contributed by atoms with E-state index in [9.17, 15) is 8.42 Å². The highest BCUT2D eigenvalue weighted by atomic mass is 32.2. The van der Waals surface area contributed by atoms with E-state index < -0.39 is 10.0 Å². The Balaban J connectivity index is 1.96. The molecule has 0 atom stereocenters. The maximum absolute atomic E-state index is 13.2. The van der Waals surface area contributed by atoms with E-state index in [0.717, 1.165) is 35.3 Å². The Morgan fingerprint density at radius 1 is 1.25 bits per heavy atom. The molecule has 1 fully saturated rings. The number of sulfonamides is 1. The minimum absolute atomic E-state index is 0.127. The highest BCUT2D eigenvalue weighted by molar-refractivity contribution is 7.89. The molecule has 1 aromatic carbocycles. The molecule has 1 aliphatic carbocycles. The third kappa shape index (κ3) is 3.50. The lowest BCUT2D eigenvalue weighted by Gasteiger charge is -2.22. The molecule has 3 rings (SSSR count). The quantitative estimate of drug-likeness (QED) is 0.741. The van der Waals surface area contributed by atoms with E-state index in [1.807, 2.05) is 37.6 Å². The number of hydrogen-bond acceptors (Lipinski definition) is 4.